The van der Waals surface area contributed by atoms with Crippen LogP contribution in [0.3, 0.4) is 0 Å². The smallest absolute Gasteiger partial charge is 0.229 e. The summed E-state index contributed by atoms with van der Waals surface area (Å²) in [6.45, 7) is 0. The van der Waals surface area contributed by atoms with Crippen LogP contribution in [0.2, 0.25) is 0 Å². The minimum absolute atomic E-state index is 0.411. The van der Waals surface area contributed by atoms with Crippen LogP contribution in [0.5, 0.6) is 0 Å². The topological polar surface area (TPSA) is 111 Å². The third-order valence-electron chi connectivity index (χ3n) is 4.42. The van der Waals surface area contributed by atoms with Gasteiger partial charge in [-0.05, 0) is 35.9 Å². The quantitative estimate of drug-likeness (QED) is 0.462. The van der Waals surface area contributed by atoms with Gasteiger partial charge in [-0.1, -0.05) is 18.2 Å². The van der Waals surface area contributed by atoms with Crippen molar-refractivity contribution in [2.45, 2.75) is 0 Å². The lowest BCUT2D eigenvalue weighted by Crippen LogP contribution is -2.09. The molecule has 2 heterocycles. The van der Waals surface area contributed by atoms with Crippen LogP contribution in [0.15, 0.2) is 67.1 Å². The molecular weight excluding hydrogens is 386 g/mol. The van der Waals surface area contributed by atoms with Crippen molar-refractivity contribution in [3.05, 3.63) is 72.7 Å². The van der Waals surface area contributed by atoms with E-state index in [0.717, 1.165) is 34.0 Å². The molecular formula is C21H17N5O2S. The Labute approximate surface area is 168 Å². The number of aromatic nitrogens is 2. The molecule has 0 fully saturated rings. The summed E-state index contributed by atoms with van der Waals surface area (Å²) >= 11 is 0. The normalized spacial score (nSPS) is 11.2. The number of aromatic amines is 1. The Bertz CT molecular complexity index is 1340. The molecule has 0 spiro atoms. The summed E-state index contributed by atoms with van der Waals surface area (Å²) in [5.74, 6) is 0. The predicted octanol–water partition coefficient (Wildman–Crippen LogP) is 4.22. The maximum Gasteiger partial charge on any atom is 0.229 e. The number of rotatable bonds is 5. The number of nitrogens with one attached hydrogen (secondary N) is 3. The number of fused-ring (bicyclic) bond motifs is 1. The second-order valence-corrected chi connectivity index (χ2v) is 8.29. The first-order chi connectivity index (χ1) is 13.9. The van der Waals surface area contributed by atoms with Crippen molar-refractivity contribution in [3.8, 4) is 17.2 Å². The highest BCUT2D eigenvalue weighted by molar-refractivity contribution is 7.92. The molecule has 0 aliphatic carbocycles. The summed E-state index contributed by atoms with van der Waals surface area (Å²) in [6.07, 6.45) is 6.16. The fraction of sp³-hybridized carbons (Fsp3) is 0.0476. The fourth-order valence-electron chi connectivity index (χ4n) is 3.16. The van der Waals surface area contributed by atoms with Crippen LogP contribution in [0.4, 0.5) is 17.1 Å². The summed E-state index contributed by atoms with van der Waals surface area (Å²) in [7, 11) is -3.35. The third kappa shape index (κ3) is 3.90. The highest BCUT2D eigenvalue weighted by Crippen LogP contribution is 2.35. The van der Waals surface area contributed by atoms with Crippen LogP contribution in [-0.4, -0.2) is 24.6 Å². The van der Waals surface area contributed by atoms with E-state index in [9.17, 15) is 13.7 Å². The first-order valence-electron chi connectivity index (χ1n) is 8.74. The van der Waals surface area contributed by atoms with Crippen molar-refractivity contribution in [1.29, 1.82) is 5.26 Å². The van der Waals surface area contributed by atoms with E-state index in [1.165, 1.54) is 6.20 Å². The molecule has 7 nitrogen and oxygen atoms in total. The number of pyridine rings is 1. The van der Waals surface area contributed by atoms with Gasteiger partial charge in [-0.3, -0.25) is 9.71 Å². The molecule has 4 aromatic rings. The number of nitrogens with zero attached hydrogens (tertiary/aromatic N) is 2. The summed E-state index contributed by atoms with van der Waals surface area (Å²) in [6, 6.07) is 16.9. The largest absolute Gasteiger partial charge is 0.361 e. The van der Waals surface area contributed by atoms with Crippen molar-refractivity contribution in [3.63, 3.8) is 0 Å². The molecule has 29 heavy (non-hydrogen) atoms. The Morgan fingerprint density at radius 2 is 1.86 bits per heavy atom. The van der Waals surface area contributed by atoms with E-state index in [2.05, 4.69) is 26.1 Å². The zero-order valence-electron chi connectivity index (χ0n) is 15.5. The molecule has 3 N–H and O–H groups in total. The number of benzene rings is 2. The van der Waals surface area contributed by atoms with E-state index < -0.39 is 10.0 Å². The van der Waals surface area contributed by atoms with Gasteiger partial charge in [-0.2, -0.15) is 5.26 Å². The molecule has 0 aliphatic rings. The third-order valence-corrected chi connectivity index (χ3v) is 5.03. The van der Waals surface area contributed by atoms with Crippen molar-refractivity contribution >= 4 is 38.0 Å². The molecule has 0 radical (unpaired) electrons. The van der Waals surface area contributed by atoms with Crippen molar-refractivity contribution in [2.75, 3.05) is 16.3 Å². The first kappa shape index (κ1) is 18.5. The number of anilines is 3. The summed E-state index contributed by atoms with van der Waals surface area (Å²) in [4.78, 5) is 7.36. The van der Waals surface area contributed by atoms with Gasteiger partial charge in [0.15, 0.2) is 0 Å². The highest BCUT2D eigenvalue weighted by Gasteiger charge is 2.13. The monoisotopic (exact) mass is 403 g/mol. The second-order valence-electron chi connectivity index (χ2n) is 6.54. The Morgan fingerprint density at radius 3 is 2.59 bits per heavy atom. The van der Waals surface area contributed by atoms with Crippen molar-refractivity contribution in [1.82, 2.24) is 9.97 Å². The maximum absolute atomic E-state index is 11.4. The zero-order chi connectivity index (χ0) is 20.4. The summed E-state index contributed by atoms with van der Waals surface area (Å²) < 4.78 is 25.3. The van der Waals surface area contributed by atoms with Gasteiger partial charge < -0.3 is 10.3 Å². The van der Waals surface area contributed by atoms with E-state index in [4.69, 9.17) is 0 Å². The summed E-state index contributed by atoms with van der Waals surface area (Å²) in [5, 5.41) is 14.0. The van der Waals surface area contributed by atoms with Crippen LogP contribution >= 0.6 is 0 Å². The van der Waals surface area contributed by atoms with Gasteiger partial charge in [-0.15, -0.1) is 0 Å². The molecule has 0 unspecified atom stereocenters. The van der Waals surface area contributed by atoms with Gasteiger partial charge in [0.25, 0.3) is 0 Å². The van der Waals surface area contributed by atoms with E-state index in [1.807, 2.05) is 30.5 Å². The number of hydrogen-bond donors (Lipinski definition) is 3. The number of H-pyrrole nitrogens is 1. The molecule has 8 heteroatoms. The van der Waals surface area contributed by atoms with Crippen LogP contribution in [0.25, 0.3) is 22.0 Å². The Kier molecular flexibility index (Phi) is 4.66. The molecule has 0 saturated heterocycles. The lowest BCUT2D eigenvalue weighted by molar-refractivity contribution is 0.607. The van der Waals surface area contributed by atoms with Crippen molar-refractivity contribution in [2.24, 2.45) is 0 Å². The number of sulfonamides is 1. The molecule has 144 valence electrons. The van der Waals surface area contributed by atoms with Gasteiger partial charge >= 0.3 is 0 Å². The Balaban J connectivity index is 1.77. The molecule has 0 bridgehead atoms. The molecule has 2 aromatic carbocycles. The van der Waals surface area contributed by atoms with Gasteiger partial charge in [0, 0.05) is 46.4 Å². The maximum atomic E-state index is 11.4. The van der Waals surface area contributed by atoms with Crippen LogP contribution in [-0.2, 0) is 10.0 Å². The lowest BCUT2D eigenvalue weighted by atomic mass is 10.0. The van der Waals surface area contributed by atoms with Crippen LogP contribution in [0, 0.1) is 11.3 Å². The van der Waals surface area contributed by atoms with E-state index >= 15 is 0 Å². The van der Waals surface area contributed by atoms with Gasteiger partial charge in [0.05, 0.1) is 17.5 Å². The average molecular weight is 403 g/mol. The Morgan fingerprint density at radius 1 is 1.07 bits per heavy atom. The van der Waals surface area contributed by atoms with E-state index in [1.54, 1.807) is 30.5 Å². The van der Waals surface area contributed by atoms with Crippen molar-refractivity contribution < 1.29 is 8.42 Å². The van der Waals surface area contributed by atoms with Gasteiger partial charge in [-0.25, -0.2) is 8.42 Å². The SMILES string of the molecule is CS(=O)(=O)Nc1ccc(-c2cncc(C#N)c2Nc2cccc3[nH]ccc23)cc1. The Hall–Kier alpha value is -3.83. The highest BCUT2D eigenvalue weighted by atomic mass is 32.2. The minimum atomic E-state index is -3.35. The number of nitriles is 1. The zero-order valence-corrected chi connectivity index (χ0v) is 16.3. The van der Waals surface area contributed by atoms with Gasteiger partial charge in [0.1, 0.15) is 6.07 Å². The predicted molar refractivity (Wildman–Crippen MR) is 114 cm³/mol. The lowest BCUT2D eigenvalue weighted by Gasteiger charge is -2.15. The van der Waals surface area contributed by atoms with E-state index in [-0.39, 0.29) is 0 Å². The molecule has 0 saturated carbocycles. The standard InChI is InChI=1S/C21H17N5O2S/c1-29(27,28)26-16-7-5-14(6-8-16)18-13-23-12-15(11-22)21(18)25-20-4-2-3-19-17(20)9-10-24-19/h2-10,12-13,24,26H,1H3,(H,23,25). The first-order valence-corrected chi connectivity index (χ1v) is 10.6. The van der Waals surface area contributed by atoms with Crippen LogP contribution in [0.1, 0.15) is 5.56 Å². The fourth-order valence-corrected chi connectivity index (χ4v) is 3.72. The molecule has 4 rings (SSSR count). The second kappa shape index (κ2) is 7.30. The molecule has 0 aliphatic heterocycles. The molecule has 0 amide bonds. The van der Waals surface area contributed by atoms with E-state index in [0.29, 0.717) is 16.9 Å². The summed E-state index contributed by atoms with van der Waals surface area (Å²) in [5.41, 5.74) is 4.91. The molecule has 0 atom stereocenters. The van der Waals surface area contributed by atoms with Gasteiger partial charge in [0.2, 0.25) is 10.0 Å². The molecule has 2 aromatic heterocycles. The number of hydrogen-bond acceptors (Lipinski definition) is 5. The average Bonchev–Trinajstić information content (AvgIpc) is 3.17. The van der Waals surface area contributed by atoms with Crippen LogP contribution < -0.4 is 10.0 Å². The minimum Gasteiger partial charge on any atom is -0.361 e.